The van der Waals surface area contributed by atoms with Gasteiger partial charge in [0.05, 0.1) is 12.0 Å². The third kappa shape index (κ3) is 7.54. The van der Waals surface area contributed by atoms with Crippen LogP contribution in [0, 0.1) is 5.92 Å². The van der Waals surface area contributed by atoms with E-state index in [1.165, 1.54) is 11.9 Å². The van der Waals surface area contributed by atoms with Gasteiger partial charge >= 0.3 is 0 Å². The van der Waals surface area contributed by atoms with Crippen molar-refractivity contribution >= 4 is 45.5 Å². The van der Waals surface area contributed by atoms with Crippen molar-refractivity contribution in [2.75, 3.05) is 51.5 Å². The van der Waals surface area contributed by atoms with Crippen molar-refractivity contribution in [3.05, 3.63) is 54.1 Å². The monoisotopic (exact) mass is 572 g/mol. The summed E-state index contributed by atoms with van der Waals surface area (Å²) in [5.41, 5.74) is 2.28. The molecule has 1 unspecified atom stereocenters. The molecule has 1 atom stereocenters. The first-order valence-electron chi connectivity index (χ1n) is 10.5. The number of hydrogen-bond acceptors (Lipinski definition) is 5. The molecular formula is C23H33IN4O3S. The highest BCUT2D eigenvalue weighted by atomic mass is 127. The van der Waals surface area contributed by atoms with Crippen molar-refractivity contribution in [3.8, 4) is 5.75 Å². The lowest BCUT2D eigenvalue weighted by Crippen LogP contribution is -2.41. The van der Waals surface area contributed by atoms with Crippen LogP contribution in [0.4, 0.5) is 5.69 Å². The van der Waals surface area contributed by atoms with Crippen molar-refractivity contribution < 1.29 is 13.2 Å². The van der Waals surface area contributed by atoms with Crippen LogP contribution in [0.2, 0.25) is 0 Å². The van der Waals surface area contributed by atoms with Gasteiger partial charge in [-0.05, 0) is 48.6 Å². The lowest BCUT2D eigenvalue weighted by molar-refractivity contribution is 0.415. The van der Waals surface area contributed by atoms with Crippen molar-refractivity contribution in [1.29, 1.82) is 0 Å². The van der Waals surface area contributed by atoms with Crippen molar-refractivity contribution in [1.82, 2.24) is 10.6 Å². The zero-order valence-corrected chi connectivity index (χ0v) is 22.0. The molecule has 1 fully saturated rings. The molecule has 0 aliphatic carbocycles. The first kappa shape index (κ1) is 26.2. The number of guanidine groups is 1. The summed E-state index contributed by atoms with van der Waals surface area (Å²) < 4.78 is 28.4. The first-order valence-corrected chi connectivity index (χ1v) is 12.4. The molecule has 1 heterocycles. The molecule has 0 bridgehead atoms. The van der Waals surface area contributed by atoms with Crippen LogP contribution in [0.5, 0.6) is 5.75 Å². The van der Waals surface area contributed by atoms with E-state index in [9.17, 15) is 8.42 Å². The molecule has 0 spiro atoms. The maximum absolute atomic E-state index is 11.6. The maximum Gasteiger partial charge on any atom is 0.190 e. The Morgan fingerprint density at radius 3 is 2.59 bits per heavy atom. The fraction of sp³-hybridized carbons (Fsp3) is 0.435. The van der Waals surface area contributed by atoms with Crippen molar-refractivity contribution in [3.63, 3.8) is 0 Å². The molecule has 2 N–H and O–H groups in total. The number of nitrogens with one attached hydrogen (secondary N) is 2. The molecule has 9 heteroatoms. The summed E-state index contributed by atoms with van der Waals surface area (Å²) in [5.74, 6) is 2.22. The minimum absolute atomic E-state index is 0. The second-order valence-corrected chi connectivity index (χ2v) is 9.86. The Morgan fingerprint density at radius 2 is 1.94 bits per heavy atom. The topological polar surface area (TPSA) is 83.0 Å². The van der Waals surface area contributed by atoms with Gasteiger partial charge in [-0.25, -0.2) is 8.42 Å². The number of methoxy groups -OCH3 is 1. The summed E-state index contributed by atoms with van der Waals surface area (Å²) in [6.45, 7) is 3.63. The fourth-order valence-corrected chi connectivity index (χ4v) is 4.36. The van der Waals surface area contributed by atoms with Crippen LogP contribution < -0.4 is 20.3 Å². The Kier molecular flexibility index (Phi) is 10.1. The quantitative estimate of drug-likeness (QED) is 0.288. The van der Waals surface area contributed by atoms with Crippen LogP contribution in [0.1, 0.15) is 12.0 Å². The number of rotatable bonds is 8. The smallest absolute Gasteiger partial charge is 0.190 e. The van der Waals surface area contributed by atoms with Crippen LogP contribution in [-0.4, -0.2) is 61.0 Å². The number of hydrogen-bond donors (Lipinski definition) is 2. The standard InChI is InChI=1S/C23H32N4O3S.HI/c1-24-23(25-13-11-18-7-9-22(10-8-18)31(3,28)29)26-16-19-12-14-27(17-19)20-5-4-6-21(15-20)30-2;/h4-10,15,19H,11-14,16-17H2,1-3H3,(H2,24,25,26);1H. The molecule has 2 aromatic rings. The van der Waals surface area contributed by atoms with E-state index in [0.29, 0.717) is 10.8 Å². The molecule has 2 aromatic carbocycles. The molecule has 176 valence electrons. The van der Waals surface area contributed by atoms with Crippen LogP contribution in [0.25, 0.3) is 0 Å². The Hall–Kier alpha value is -2.01. The van der Waals surface area contributed by atoms with E-state index in [-0.39, 0.29) is 24.0 Å². The lowest BCUT2D eigenvalue weighted by Gasteiger charge is -2.20. The van der Waals surface area contributed by atoms with Gasteiger partial charge in [-0.3, -0.25) is 4.99 Å². The normalized spacial score (nSPS) is 16.4. The summed E-state index contributed by atoms with van der Waals surface area (Å²) in [7, 11) is 0.312. The molecule has 0 saturated carbocycles. The summed E-state index contributed by atoms with van der Waals surface area (Å²) in [5, 5.41) is 6.76. The van der Waals surface area contributed by atoms with Crippen LogP contribution in [-0.2, 0) is 16.3 Å². The number of benzene rings is 2. The highest BCUT2D eigenvalue weighted by Crippen LogP contribution is 2.26. The molecule has 1 aliphatic heterocycles. The van der Waals surface area contributed by atoms with Crippen LogP contribution >= 0.6 is 24.0 Å². The van der Waals surface area contributed by atoms with E-state index in [0.717, 1.165) is 56.3 Å². The second-order valence-electron chi connectivity index (χ2n) is 7.85. The summed E-state index contributed by atoms with van der Waals surface area (Å²) in [6, 6.07) is 15.2. The largest absolute Gasteiger partial charge is 0.497 e. The number of halogens is 1. The summed E-state index contributed by atoms with van der Waals surface area (Å²) in [4.78, 5) is 7.05. The molecule has 0 aromatic heterocycles. The maximum atomic E-state index is 11.6. The van der Waals surface area contributed by atoms with E-state index in [4.69, 9.17) is 4.74 Å². The van der Waals surface area contributed by atoms with E-state index < -0.39 is 9.84 Å². The van der Waals surface area contributed by atoms with Gasteiger partial charge in [0, 0.05) is 51.2 Å². The number of anilines is 1. The summed E-state index contributed by atoms with van der Waals surface area (Å²) in [6.07, 6.45) is 3.14. The lowest BCUT2D eigenvalue weighted by atomic mass is 10.1. The fourth-order valence-electron chi connectivity index (χ4n) is 3.73. The third-order valence-corrected chi connectivity index (χ3v) is 6.67. The molecule has 32 heavy (non-hydrogen) atoms. The SMILES string of the molecule is CN=C(NCCc1ccc(S(C)(=O)=O)cc1)NCC1CCN(c2cccc(OC)c2)C1.I. The second kappa shape index (κ2) is 12.3. The van der Waals surface area contributed by atoms with Gasteiger partial charge in [-0.2, -0.15) is 0 Å². The van der Waals surface area contributed by atoms with Gasteiger partial charge < -0.3 is 20.3 Å². The predicted molar refractivity (Wildman–Crippen MR) is 141 cm³/mol. The molecule has 7 nitrogen and oxygen atoms in total. The highest BCUT2D eigenvalue weighted by molar-refractivity contribution is 14.0. The molecule has 0 amide bonds. The van der Waals surface area contributed by atoms with Crippen molar-refractivity contribution in [2.45, 2.75) is 17.7 Å². The molecule has 3 rings (SSSR count). The van der Waals surface area contributed by atoms with Gasteiger partial charge in [0.25, 0.3) is 0 Å². The zero-order chi connectivity index (χ0) is 22.3. The van der Waals surface area contributed by atoms with E-state index in [2.05, 4.69) is 32.7 Å². The Labute approximate surface area is 208 Å². The van der Waals surface area contributed by atoms with Gasteiger partial charge in [0.15, 0.2) is 15.8 Å². The number of aliphatic imine (C=N–C) groups is 1. The van der Waals surface area contributed by atoms with Gasteiger partial charge in [0.2, 0.25) is 0 Å². The highest BCUT2D eigenvalue weighted by Gasteiger charge is 2.23. The Balaban J connectivity index is 0.00000363. The molecule has 1 saturated heterocycles. The minimum atomic E-state index is -3.15. The molecule has 0 radical (unpaired) electrons. The van der Waals surface area contributed by atoms with Gasteiger partial charge in [-0.15, -0.1) is 24.0 Å². The van der Waals surface area contributed by atoms with Crippen molar-refractivity contribution in [2.24, 2.45) is 10.9 Å². The number of ether oxygens (including phenoxy) is 1. The average Bonchev–Trinajstić information content (AvgIpc) is 3.25. The minimum Gasteiger partial charge on any atom is -0.497 e. The van der Waals surface area contributed by atoms with E-state index >= 15 is 0 Å². The Morgan fingerprint density at radius 1 is 1.19 bits per heavy atom. The predicted octanol–water partition coefficient (Wildman–Crippen LogP) is 2.95. The molecular weight excluding hydrogens is 539 g/mol. The summed E-state index contributed by atoms with van der Waals surface area (Å²) >= 11 is 0. The van der Waals surface area contributed by atoms with Gasteiger partial charge in [-0.1, -0.05) is 18.2 Å². The first-order chi connectivity index (χ1) is 14.9. The molecule has 1 aliphatic rings. The third-order valence-electron chi connectivity index (χ3n) is 5.54. The number of sulfone groups is 1. The Bertz CT molecular complexity index is 997. The van der Waals surface area contributed by atoms with Gasteiger partial charge in [0.1, 0.15) is 5.75 Å². The van der Waals surface area contributed by atoms with Crippen LogP contribution in [0.15, 0.2) is 58.4 Å². The average molecular weight is 573 g/mol. The number of nitrogens with zero attached hydrogens (tertiary/aromatic N) is 2. The van der Waals surface area contributed by atoms with Crippen LogP contribution in [0.3, 0.4) is 0 Å². The van der Waals surface area contributed by atoms with E-state index in [1.54, 1.807) is 26.3 Å². The zero-order valence-electron chi connectivity index (χ0n) is 18.9. The van der Waals surface area contributed by atoms with E-state index in [1.807, 2.05) is 24.3 Å².